The highest BCUT2D eigenvalue weighted by Gasteiger charge is 2.38. The van der Waals surface area contributed by atoms with E-state index in [4.69, 9.17) is 4.74 Å². The molecule has 0 unspecified atom stereocenters. The summed E-state index contributed by atoms with van der Waals surface area (Å²) in [6, 6.07) is 16.9. The minimum atomic E-state index is -1.26. The second-order valence-corrected chi connectivity index (χ2v) is 7.09. The van der Waals surface area contributed by atoms with Crippen molar-refractivity contribution in [2.45, 2.75) is 24.0 Å². The third kappa shape index (κ3) is 3.41. The molecule has 1 amide bonds. The maximum absolute atomic E-state index is 12.4. The van der Waals surface area contributed by atoms with Gasteiger partial charge in [-0.1, -0.05) is 48.0 Å². The first-order chi connectivity index (χ1) is 11.6. The summed E-state index contributed by atoms with van der Waals surface area (Å²) in [6.45, 7) is 1.99. The summed E-state index contributed by atoms with van der Waals surface area (Å²) < 4.78 is 17.9. The molecule has 0 saturated carbocycles. The molecule has 1 fully saturated rings. The lowest BCUT2D eigenvalue weighted by Crippen LogP contribution is -2.28. The van der Waals surface area contributed by atoms with Gasteiger partial charge < -0.3 is 9.64 Å². The Morgan fingerprint density at radius 3 is 2.42 bits per heavy atom. The van der Waals surface area contributed by atoms with E-state index in [2.05, 4.69) is 0 Å². The first-order valence-corrected chi connectivity index (χ1v) is 8.91. The van der Waals surface area contributed by atoms with E-state index in [1.807, 2.05) is 61.5 Å². The number of nitrogens with zero attached hydrogens (tertiary/aromatic N) is 1. The molecule has 0 N–H and O–H groups in total. The fourth-order valence-electron chi connectivity index (χ4n) is 2.63. The standard InChI is InChI=1S/C19H19NO3S/c1-14-8-10-16(11-9-14)24(22)13-12-17-18(23-19(21)20(17)2)15-6-4-3-5-7-15/h3-13,17-18H,1-2H3/b13-12+/t17-,18-,24+/m1/s1. The quantitative estimate of drug-likeness (QED) is 0.849. The molecule has 24 heavy (non-hydrogen) atoms. The number of carbonyl (C=O) groups is 1. The van der Waals surface area contributed by atoms with Gasteiger partial charge in [0.05, 0.1) is 16.8 Å². The lowest BCUT2D eigenvalue weighted by molar-refractivity contribution is 0.133. The largest absolute Gasteiger partial charge is 0.439 e. The number of hydrogen-bond acceptors (Lipinski definition) is 3. The van der Waals surface area contributed by atoms with E-state index in [0.29, 0.717) is 0 Å². The fraction of sp³-hybridized carbons (Fsp3) is 0.211. The van der Waals surface area contributed by atoms with Crippen LogP contribution in [0.15, 0.2) is 71.0 Å². The molecule has 0 bridgehead atoms. The van der Waals surface area contributed by atoms with Crippen molar-refractivity contribution in [2.24, 2.45) is 0 Å². The number of carbonyl (C=O) groups excluding carboxylic acids is 1. The van der Waals surface area contributed by atoms with Crippen molar-refractivity contribution in [3.8, 4) is 0 Å². The van der Waals surface area contributed by atoms with Gasteiger partial charge in [-0.2, -0.15) is 0 Å². The predicted molar refractivity (Wildman–Crippen MR) is 93.9 cm³/mol. The van der Waals surface area contributed by atoms with Crippen LogP contribution in [0, 0.1) is 6.92 Å². The van der Waals surface area contributed by atoms with Crippen molar-refractivity contribution in [3.63, 3.8) is 0 Å². The maximum Gasteiger partial charge on any atom is 0.410 e. The van der Waals surface area contributed by atoms with Crippen molar-refractivity contribution < 1.29 is 13.7 Å². The van der Waals surface area contributed by atoms with Crippen LogP contribution in [-0.4, -0.2) is 28.3 Å². The lowest BCUT2D eigenvalue weighted by Gasteiger charge is -2.18. The average Bonchev–Trinajstić information content (AvgIpc) is 2.89. The van der Waals surface area contributed by atoms with Crippen molar-refractivity contribution in [3.05, 3.63) is 77.2 Å². The van der Waals surface area contributed by atoms with Crippen LogP contribution in [0.25, 0.3) is 0 Å². The number of rotatable bonds is 4. The van der Waals surface area contributed by atoms with Crippen LogP contribution in [0.5, 0.6) is 0 Å². The van der Waals surface area contributed by atoms with Crippen LogP contribution in [0.3, 0.4) is 0 Å². The number of aryl methyl sites for hydroxylation is 1. The molecule has 1 heterocycles. The van der Waals surface area contributed by atoms with E-state index in [1.165, 1.54) is 4.90 Å². The van der Waals surface area contributed by atoms with Gasteiger partial charge in [-0.05, 0) is 30.7 Å². The molecule has 3 rings (SSSR count). The molecule has 4 nitrogen and oxygen atoms in total. The van der Waals surface area contributed by atoms with E-state index in [0.717, 1.165) is 16.0 Å². The van der Waals surface area contributed by atoms with E-state index >= 15 is 0 Å². The number of hydrogen-bond donors (Lipinski definition) is 0. The summed E-state index contributed by atoms with van der Waals surface area (Å²) >= 11 is 0. The zero-order valence-electron chi connectivity index (χ0n) is 13.6. The second kappa shape index (κ2) is 7.01. The Hall–Kier alpha value is -2.40. The summed E-state index contributed by atoms with van der Waals surface area (Å²) in [5.41, 5.74) is 2.05. The molecule has 5 heteroatoms. The van der Waals surface area contributed by atoms with Crippen LogP contribution in [0.4, 0.5) is 4.79 Å². The minimum Gasteiger partial charge on any atom is -0.439 e. The molecule has 0 radical (unpaired) electrons. The normalized spacial score (nSPS) is 21.9. The fourth-order valence-corrected chi connectivity index (χ4v) is 3.49. The van der Waals surface area contributed by atoms with Gasteiger partial charge in [0, 0.05) is 17.4 Å². The maximum atomic E-state index is 12.4. The first-order valence-electron chi connectivity index (χ1n) is 7.70. The SMILES string of the molecule is Cc1ccc([S@@](=O)/C=C/[C@@H]2[C@@H](c3ccccc3)OC(=O)N2C)cc1. The molecular formula is C19H19NO3S. The Kier molecular flexibility index (Phi) is 4.81. The van der Waals surface area contributed by atoms with Crippen LogP contribution in [0.1, 0.15) is 17.2 Å². The van der Waals surface area contributed by atoms with Crippen molar-refractivity contribution in [1.82, 2.24) is 4.90 Å². The van der Waals surface area contributed by atoms with E-state index in [1.54, 1.807) is 18.5 Å². The minimum absolute atomic E-state index is 0.283. The molecule has 0 aliphatic carbocycles. The van der Waals surface area contributed by atoms with Gasteiger partial charge in [-0.25, -0.2) is 9.00 Å². The second-order valence-electron chi connectivity index (χ2n) is 5.76. The number of cyclic esters (lactones) is 1. The molecular weight excluding hydrogens is 322 g/mol. The highest BCUT2D eigenvalue weighted by atomic mass is 32.2. The molecule has 0 spiro atoms. The molecule has 2 aromatic carbocycles. The molecule has 0 aromatic heterocycles. The van der Waals surface area contributed by atoms with E-state index in [-0.39, 0.29) is 12.1 Å². The molecule has 2 aromatic rings. The van der Waals surface area contributed by atoms with Crippen LogP contribution in [-0.2, 0) is 15.5 Å². The Labute approximate surface area is 144 Å². The predicted octanol–water partition coefficient (Wildman–Crippen LogP) is 3.81. The van der Waals surface area contributed by atoms with Crippen molar-refractivity contribution >= 4 is 16.9 Å². The average molecular weight is 341 g/mol. The Morgan fingerprint density at radius 2 is 1.75 bits per heavy atom. The van der Waals surface area contributed by atoms with E-state index < -0.39 is 16.9 Å². The number of likely N-dealkylation sites (N-methyl/N-ethyl adjacent to an activating group) is 1. The first kappa shape index (κ1) is 16.5. The Balaban J connectivity index is 1.81. The van der Waals surface area contributed by atoms with Crippen molar-refractivity contribution in [2.75, 3.05) is 7.05 Å². The third-order valence-corrected chi connectivity index (χ3v) is 5.20. The molecule has 3 atom stereocenters. The summed E-state index contributed by atoms with van der Waals surface area (Å²) in [7, 11) is 0.430. The Bertz CT molecular complexity index is 771. The smallest absolute Gasteiger partial charge is 0.410 e. The number of ether oxygens (including phenoxy) is 1. The van der Waals surface area contributed by atoms with Gasteiger partial charge in [0.15, 0.2) is 6.10 Å². The highest BCUT2D eigenvalue weighted by molar-refractivity contribution is 7.88. The highest BCUT2D eigenvalue weighted by Crippen LogP contribution is 2.32. The van der Waals surface area contributed by atoms with Crippen LogP contribution < -0.4 is 0 Å². The van der Waals surface area contributed by atoms with Crippen molar-refractivity contribution in [1.29, 1.82) is 0 Å². The molecule has 1 saturated heterocycles. The van der Waals surface area contributed by atoms with Gasteiger partial charge in [0.25, 0.3) is 0 Å². The van der Waals surface area contributed by atoms with Gasteiger partial charge in [-0.15, -0.1) is 0 Å². The third-order valence-electron chi connectivity index (χ3n) is 4.05. The van der Waals surface area contributed by atoms with Crippen LogP contribution >= 0.6 is 0 Å². The summed E-state index contributed by atoms with van der Waals surface area (Å²) in [6.07, 6.45) is 1.02. The topological polar surface area (TPSA) is 46.6 Å². The number of benzene rings is 2. The zero-order chi connectivity index (χ0) is 17.1. The molecule has 1 aliphatic heterocycles. The summed E-state index contributed by atoms with van der Waals surface area (Å²) in [4.78, 5) is 14.2. The number of amides is 1. The van der Waals surface area contributed by atoms with Gasteiger partial charge in [0.1, 0.15) is 0 Å². The van der Waals surface area contributed by atoms with Gasteiger partial charge in [-0.3, -0.25) is 0 Å². The lowest BCUT2D eigenvalue weighted by atomic mass is 10.0. The Morgan fingerprint density at radius 1 is 1.08 bits per heavy atom. The molecule has 124 valence electrons. The monoisotopic (exact) mass is 341 g/mol. The van der Waals surface area contributed by atoms with Gasteiger partial charge in [0.2, 0.25) is 0 Å². The van der Waals surface area contributed by atoms with E-state index in [9.17, 15) is 9.00 Å². The summed E-state index contributed by atoms with van der Waals surface area (Å²) in [5, 5.41) is 1.63. The van der Waals surface area contributed by atoms with Gasteiger partial charge >= 0.3 is 6.09 Å². The summed E-state index contributed by atoms with van der Waals surface area (Å²) in [5.74, 6) is 0. The zero-order valence-corrected chi connectivity index (χ0v) is 14.4. The van der Waals surface area contributed by atoms with Crippen LogP contribution in [0.2, 0.25) is 0 Å². The molecule has 1 aliphatic rings.